The molecule has 2 aromatic carbocycles. The van der Waals surface area contributed by atoms with Crippen LogP contribution in [0.1, 0.15) is 50.5 Å². The molecule has 0 saturated carbocycles. The van der Waals surface area contributed by atoms with E-state index in [1.165, 1.54) is 23.1 Å². The van der Waals surface area contributed by atoms with Gasteiger partial charge in [-0.05, 0) is 29.7 Å². The number of rotatable bonds is 5. The lowest BCUT2D eigenvalue weighted by atomic mass is 10.1. The predicted octanol–water partition coefficient (Wildman–Crippen LogP) is 3.30. The third kappa shape index (κ3) is 3.45. The minimum Gasteiger partial charge on any atom is -0.457 e. The summed E-state index contributed by atoms with van der Waals surface area (Å²) >= 11 is 0. The zero-order valence-corrected chi connectivity index (χ0v) is 14.2. The standard InChI is InChI=1S/C20H19NO4/c1-13(2)11-21-18(22)16-9-8-15(10-17(16)19(21)23)20(24)25-12-14-6-4-3-5-7-14/h3-10,13H,11-12H2,1-2H3. The molecule has 2 amide bonds. The molecule has 1 aliphatic rings. The van der Waals surface area contributed by atoms with Gasteiger partial charge in [-0.2, -0.15) is 0 Å². The molecule has 5 nitrogen and oxygen atoms in total. The van der Waals surface area contributed by atoms with Gasteiger partial charge >= 0.3 is 5.97 Å². The minimum absolute atomic E-state index is 0.156. The normalized spacial score (nSPS) is 13.3. The number of imide groups is 1. The Bertz CT molecular complexity index is 827. The van der Waals surface area contributed by atoms with E-state index in [2.05, 4.69) is 0 Å². The Morgan fingerprint density at radius 2 is 1.68 bits per heavy atom. The molecule has 1 aliphatic heterocycles. The van der Waals surface area contributed by atoms with E-state index in [1.807, 2.05) is 44.2 Å². The van der Waals surface area contributed by atoms with Crippen LogP contribution in [-0.2, 0) is 11.3 Å². The first-order valence-electron chi connectivity index (χ1n) is 8.18. The second kappa shape index (κ2) is 6.89. The Morgan fingerprint density at radius 1 is 1.00 bits per heavy atom. The van der Waals surface area contributed by atoms with E-state index in [0.29, 0.717) is 12.1 Å². The lowest BCUT2D eigenvalue weighted by Gasteiger charge is -2.15. The first-order chi connectivity index (χ1) is 12.0. The summed E-state index contributed by atoms with van der Waals surface area (Å²) in [5.74, 6) is -1.00. The number of hydrogen-bond donors (Lipinski definition) is 0. The van der Waals surface area contributed by atoms with Crippen LogP contribution in [0.15, 0.2) is 48.5 Å². The number of benzene rings is 2. The van der Waals surface area contributed by atoms with E-state index in [1.54, 1.807) is 0 Å². The molecule has 0 atom stereocenters. The largest absolute Gasteiger partial charge is 0.457 e. The summed E-state index contributed by atoms with van der Waals surface area (Å²) in [7, 11) is 0. The molecule has 2 aromatic rings. The molecule has 0 aliphatic carbocycles. The van der Waals surface area contributed by atoms with Crippen molar-refractivity contribution in [3.8, 4) is 0 Å². The summed E-state index contributed by atoms with van der Waals surface area (Å²) in [4.78, 5) is 38.2. The molecule has 0 bridgehead atoms. The number of fused-ring (bicyclic) bond motifs is 1. The van der Waals surface area contributed by atoms with Crippen LogP contribution >= 0.6 is 0 Å². The summed E-state index contributed by atoms with van der Waals surface area (Å²) in [5.41, 5.74) is 1.75. The van der Waals surface area contributed by atoms with Crippen LogP contribution in [0.4, 0.5) is 0 Å². The molecule has 5 heteroatoms. The van der Waals surface area contributed by atoms with E-state index in [9.17, 15) is 14.4 Å². The maximum atomic E-state index is 12.4. The molecule has 0 spiro atoms. The molecule has 1 heterocycles. The second-order valence-corrected chi connectivity index (χ2v) is 6.44. The molecule has 0 saturated heterocycles. The highest BCUT2D eigenvalue weighted by atomic mass is 16.5. The van der Waals surface area contributed by atoms with Gasteiger partial charge in [0.15, 0.2) is 0 Å². The van der Waals surface area contributed by atoms with Gasteiger partial charge < -0.3 is 4.74 Å². The van der Waals surface area contributed by atoms with Crippen LogP contribution in [-0.4, -0.2) is 29.2 Å². The van der Waals surface area contributed by atoms with Crippen molar-refractivity contribution in [2.45, 2.75) is 20.5 Å². The SMILES string of the molecule is CC(C)CN1C(=O)c2ccc(C(=O)OCc3ccccc3)cc2C1=O. The Kier molecular flexibility index (Phi) is 4.65. The van der Waals surface area contributed by atoms with Crippen LogP contribution in [0.2, 0.25) is 0 Å². The summed E-state index contributed by atoms with van der Waals surface area (Å²) in [6.07, 6.45) is 0. The molecule has 0 fully saturated rings. The van der Waals surface area contributed by atoms with E-state index in [-0.39, 0.29) is 35.5 Å². The van der Waals surface area contributed by atoms with Gasteiger partial charge in [-0.25, -0.2) is 4.79 Å². The van der Waals surface area contributed by atoms with Crippen molar-refractivity contribution in [3.63, 3.8) is 0 Å². The van der Waals surface area contributed by atoms with E-state index >= 15 is 0 Å². The summed E-state index contributed by atoms with van der Waals surface area (Å²) < 4.78 is 5.28. The predicted molar refractivity (Wildman–Crippen MR) is 92.2 cm³/mol. The number of nitrogens with zero attached hydrogens (tertiary/aromatic N) is 1. The van der Waals surface area contributed by atoms with Crippen molar-refractivity contribution in [3.05, 3.63) is 70.8 Å². The van der Waals surface area contributed by atoms with Crippen LogP contribution in [0.25, 0.3) is 0 Å². The van der Waals surface area contributed by atoms with Crippen molar-refractivity contribution < 1.29 is 19.1 Å². The zero-order chi connectivity index (χ0) is 18.0. The van der Waals surface area contributed by atoms with E-state index < -0.39 is 5.97 Å². The van der Waals surface area contributed by atoms with Gasteiger partial charge in [0.25, 0.3) is 11.8 Å². The van der Waals surface area contributed by atoms with Gasteiger partial charge in [0.2, 0.25) is 0 Å². The number of carbonyl (C=O) groups excluding carboxylic acids is 3. The molecule has 0 N–H and O–H groups in total. The fourth-order valence-corrected chi connectivity index (χ4v) is 2.76. The second-order valence-electron chi connectivity index (χ2n) is 6.44. The Hall–Kier alpha value is -2.95. The zero-order valence-electron chi connectivity index (χ0n) is 14.2. The Morgan fingerprint density at radius 3 is 2.36 bits per heavy atom. The number of ether oxygens (including phenoxy) is 1. The fourth-order valence-electron chi connectivity index (χ4n) is 2.76. The van der Waals surface area contributed by atoms with Gasteiger partial charge in [0.05, 0.1) is 16.7 Å². The molecule has 3 rings (SSSR count). The number of hydrogen-bond acceptors (Lipinski definition) is 4. The Balaban J connectivity index is 1.76. The third-order valence-electron chi connectivity index (χ3n) is 3.97. The van der Waals surface area contributed by atoms with Crippen LogP contribution < -0.4 is 0 Å². The molecular weight excluding hydrogens is 318 g/mol. The number of amides is 2. The van der Waals surface area contributed by atoms with Crippen LogP contribution in [0, 0.1) is 5.92 Å². The molecule has 25 heavy (non-hydrogen) atoms. The van der Waals surface area contributed by atoms with Crippen molar-refractivity contribution >= 4 is 17.8 Å². The van der Waals surface area contributed by atoms with Crippen LogP contribution in [0.5, 0.6) is 0 Å². The van der Waals surface area contributed by atoms with Crippen molar-refractivity contribution in [1.82, 2.24) is 4.90 Å². The quantitative estimate of drug-likeness (QED) is 0.620. The number of esters is 1. The average molecular weight is 337 g/mol. The van der Waals surface area contributed by atoms with Gasteiger partial charge in [-0.3, -0.25) is 14.5 Å². The van der Waals surface area contributed by atoms with Crippen molar-refractivity contribution in [2.75, 3.05) is 6.54 Å². The van der Waals surface area contributed by atoms with Crippen molar-refractivity contribution in [2.24, 2.45) is 5.92 Å². The molecule has 0 radical (unpaired) electrons. The highest BCUT2D eigenvalue weighted by molar-refractivity contribution is 6.21. The minimum atomic E-state index is -0.519. The smallest absolute Gasteiger partial charge is 0.338 e. The Labute approximate surface area is 146 Å². The van der Waals surface area contributed by atoms with Gasteiger partial charge in [-0.1, -0.05) is 44.2 Å². The lowest BCUT2D eigenvalue weighted by molar-refractivity contribution is 0.0472. The highest BCUT2D eigenvalue weighted by Crippen LogP contribution is 2.25. The third-order valence-corrected chi connectivity index (χ3v) is 3.97. The lowest BCUT2D eigenvalue weighted by Crippen LogP contribution is -2.33. The molecular formula is C20H19NO4. The first-order valence-corrected chi connectivity index (χ1v) is 8.18. The molecule has 0 unspecified atom stereocenters. The highest BCUT2D eigenvalue weighted by Gasteiger charge is 2.36. The molecule has 0 aromatic heterocycles. The maximum Gasteiger partial charge on any atom is 0.338 e. The summed E-state index contributed by atoms with van der Waals surface area (Å²) in [6, 6.07) is 13.8. The van der Waals surface area contributed by atoms with E-state index in [0.717, 1.165) is 5.56 Å². The first kappa shape index (κ1) is 16.9. The van der Waals surface area contributed by atoms with Crippen molar-refractivity contribution in [1.29, 1.82) is 0 Å². The average Bonchev–Trinajstić information content (AvgIpc) is 2.84. The van der Waals surface area contributed by atoms with Gasteiger partial charge in [0.1, 0.15) is 6.61 Å². The maximum absolute atomic E-state index is 12.4. The monoisotopic (exact) mass is 337 g/mol. The summed E-state index contributed by atoms with van der Waals surface area (Å²) in [5, 5.41) is 0. The topological polar surface area (TPSA) is 63.7 Å². The van der Waals surface area contributed by atoms with Gasteiger partial charge in [0, 0.05) is 6.54 Å². The molecule has 128 valence electrons. The fraction of sp³-hybridized carbons (Fsp3) is 0.250. The van der Waals surface area contributed by atoms with Crippen LogP contribution in [0.3, 0.4) is 0 Å². The van der Waals surface area contributed by atoms with E-state index in [4.69, 9.17) is 4.74 Å². The number of carbonyl (C=O) groups is 3. The van der Waals surface area contributed by atoms with Gasteiger partial charge in [-0.15, -0.1) is 0 Å². The summed E-state index contributed by atoms with van der Waals surface area (Å²) in [6.45, 7) is 4.40.